The highest BCUT2D eigenvalue weighted by molar-refractivity contribution is 6.08. The van der Waals surface area contributed by atoms with Crippen LogP contribution in [-0.2, 0) is 9.47 Å². The van der Waals surface area contributed by atoms with Crippen molar-refractivity contribution in [2.45, 2.75) is 5.60 Å². The normalized spacial score (nSPS) is 25.1. The van der Waals surface area contributed by atoms with Gasteiger partial charge >= 0.3 is 5.97 Å². The van der Waals surface area contributed by atoms with Gasteiger partial charge in [-0.15, -0.1) is 0 Å². The number of hydrogen-bond acceptors (Lipinski definition) is 5. The van der Waals surface area contributed by atoms with Gasteiger partial charge in [0.25, 0.3) is 0 Å². The number of hydrogen-bond donors (Lipinski definition) is 0. The Morgan fingerprint density at radius 2 is 2.18 bits per heavy atom. The highest BCUT2D eigenvalue weighted by Crippen LogP contribution is 2.39. The fourth-order valence-corrected chi connectivity index (χ4v) is 1.88. The topological polar surface area (TPSA) is 65.1 Å². The lowest BCUT2D eigenvalue weighted by Crippen LogP contribution is -2.36. The summed E-state index contributed by atoms with van der Waals surface area (Å²) in [7, 11) is 1.30. The molecule has 88 valence electrons. The van der Waals surface area contributed by atoms with Gasteiger partial charge in [0.2, 0.25) is 5.78 Å². The zero-order valence-corrected chi connectivity index (χ0v) is 9.19. The van der Waals surface area contributed by atoms with Crippen LogP contribution < -0.4 is 4.74 Å². The molecule has 2 aliphatic rings. The van der Waals surface area contributed by atoms with E-state index in [0.717, 1.165) is 0 Å². The Hall–Kier alpha value is -1.88. The van der Waals surface area contributed by atoms with E-state index in [4.69, 9.17) is 9.47 Å². The van der Waals surface area contributed by atoms with E-state index >= 15 is 0 Å². The summed E-state index contributed by atoms with van der Waals surface area (Å²) in [6.45, 7) is 0.629. The number of carbonyl (C=O) groups excluding carboxylic acids is 2. The van der Waals surface area contributed by atoms with Crippen LogP contribution >= 0.6 is 0 Å². The van der Waals surface area contributed by atoms with Crippen molar-refractivity contribution < 1.29 is 23.8 Å². The van der Waals surface area contributed by atoms with E-state index in [1.165, 1.54) is 13.2 Å². The molecule has 1 atom stereocenters. The number of rotatable bonds is 1. The van der Waals surface area contributed by atoms with E-state index in [0.29, 0.717) is 23.5 Å². The van der Waals surface area contributed by atoms with Crippen molar-refractivity contribution in [3.05, 3.63) is 29.3 Å². The molecule has 0 aliphatic carbocycles. The summed E-state index contributed by atoms with van der Waals surface area (Å²) >= 11 is 0. The number of methoxy groups -OCH3 is 1. The van der Waals surface area contributed by atoms with Crippen molar-refractivity contribution in [1.29, 1.82) is 0 Å². The SMILES string of the molecule is COC(=O)c1ccc2c(c1)C(=O)C1(CO2)CO1. The van der Waals surface area contributed by atoms with Gasteiger partial charge in [0.1, 0.15) is 12.4 Å². The minimum atomic E-state index is -0.804. The first-order chi connectivity index (χ1) is 8.16. The van der Waals surface area contributed by atoms with Crippen LogP contribution in [0.4, 0.5) is 0 Å². The second-order valence-electron chi connectivity index (χ2n) is 4.10. The predicted octanol–water partition coefficient (Wildman–Crippen LogP) is 0.817. The number of esters is 1. The monoisotopic (exact) mass is 234 g/mol. The zero-order chi connectivity index (χ0) is 12.0. The summed E-state index contributed by atoms with van der Waals surface area (Å²) in [5.41, 5.74) is -0.0839. The van der Waals surface area contributed by atoms with Crippen LogP contribution in [0.25, 0.3) is 0 Å². The van der Waals surface area contributed by atoms with Gasteiger partial charge in [-0.1, -0.05) is 0 Å². The molecule has 1 spiro atoms. The molecule has 0 aromatic heterocycles. The second kappa shape index (κ2) is 3.30. The van der Waals surface area contributed by atoms with Gasteiger partial charge in [0.15, 0.2) is 5.60 Å². The molecule has 5 nitrogen and oxygen atoms in total. The fourth-order valence-electron chi connectivity index (χ4n) is 1.88. The van der Waals surface area contributed by atoms with Crippen molar-refractivity contribution in [2.75, 3.05) is 20.3 Å². The quantitative estimate of drug-likeness (QED) is 0.531. The first kappa shape index (κ1) is 10.3. The minimum Gasteiger partial charge on any atom is -0.489 e. The summed E-state index contributed by atoms with van der Waals surface area (Å²) in [4.78, 5) is 23.5. The third kappa shape index (κ3) is 1.43. The van der Waals surface area contributed by atoms with Gasteiger partial charge in [-0.3, -0.25) is 4.79 Å². The summed E-state index contributed by atoms with van der Waals surface area (Å²) in [6.07, 6.45) is 0. The highest BCUT2D eigenvalue weighted by atomic mass is 16.6. The van der Waals surface area contributed by atoms with Gasteiger partial charge in [-0.25, -0.2) is 4.79 Å². The van der Waals surface area contributed by atoms with Gasteiger partial charge in [-0.2, -0.15) is 0 Å². The number of fused-ring (bicyclic) bond motifs is 1. The Morgan fingerprint density at radius 3 is 2.82 bits per heavy atom. The average Bonchev–Trinajstić information content (AvgIpc) is 3.14. The highest BCUT2D eigenvalue weighted by Gasteiger charge is 2.56. The Labute approximate surface area is 97.3 Å². The molecular weight excluding hydrogens is 224 g/mol. The molecule has 1 aromatic rings. The van der Waals surface area contributed by atoms with Crippen molar-refractivity contribution in [1.82, 2.24) is 0 Å². The van der Waals surface area contributed by atoms with Crippen LogP contribution in [0.1, 0.15) is 20.7 Å². The maximum Gasteiger partial charge on any atom is 0.337 e. The molecule has 0 N–H and O–H groups in total. The van der Waals surface area contributed by atoms with Crippen LogP contribution in [0.5, 0.6) is 5.75 Å². The minimum absolute atomic E-state index is 0.121. The first-order valence-corrected chi connectivity index (χ1v) is 5.20. The number of ether oxygens (including phenoxy) is 3. The molecule has 0 amide bonds. The van der Waals surface area contributed by atoms with E-state index in [1.54, 1.807) is 12.1 Å². The van der Waals surface area contributed by atoms with E-state index in [9.17, 15) is 9.59 Å². The standard InChI is InChI=1S/C12H10O5/c1-15-11(14)7-2-3-9-8(4-7)10(13)12(5-16-9)6-17-12/h2-4H,5-6H2,1H3. The summed E-state index contributed by atoms with van der Waals surface area (Å²) in [6, 6.07) is 4.67. The summed E-state index contributed by atoms with van der Waals surface area (Å²) in [5, 5.41) is 0. The van der Waals surface area contributed by atoms with Crippen molar-refractivity contribution in [3.63, 3.8) is 0 Å². The molecule has 3 rings (SSSR count). The Kier molecular flexibility index (Phi) is 2.00. The van der Waals surface area contributed by atoms with Gasteiger partial charge in [-0.05, 0) is 18.2 Å². The van der Waals surface area contributed by atoms with Crippen molar-refractivity contribution in [2.24, 2.45) is 0 Å². The Balaban J connectivity index is 2.04. The van der Waals surface area contributed by atoms with Crippen LogP contribution in [0.3, 0.4) is 0 Å². The molecule has 1 unspecified atom stereocenters. The smallest absolute Gasteiger partial charge is 0.337 e. The first-order valence-electron chi connectivity index (χ1n) is 5.20. The van der Waals surface area contributed by atoms with Crippen LogP contribution in [0, 0.1) is 0 Å². The number of epoxide rings is 1. The lowest BCUT2D eigenvalue weighted by molar-refractivity contribution is 0.0600. The third-order valence-corrected chi connectivity index (χ3v) is 3.01. The molecule has 1 aromatic carbocycles. The predicted molar refractivity (Wildman–Crippen MR) is 56.3 cm³/mol. The second-order valence-corrected chi connectivity index (χ2v) is 4.10. The molecule has 1 saturated heterocycles. The summed E-state index contributed by atoms with van der Waals surface area (Å²) in [5.74, 6) is -0.106. The van der Waals surface area contributed by atoms with E-state index in [-0.39, 0.29) is 12.4 Å². The molecule has 1 fully saturated rings. The van der Waals surface area contributed by atoms with E-state index in [1.807, 2.05) is 0 Å². The maximum absolute atomic E-state index is 12.1. The van der Waals surface area contributed by atoms with E-state index in [2.05, 4.69) is 4.74 Å². The number of benzene rings is 1. The lowest BCUT2D eigenvalue weighted by atomic mass is 9.94. The lowest BCUT2D eigenvalue weighted by Gasteiger charge is -2.21. The van der Waals surface area contributed by atoms with Crippen LogP contribution in [-0.4, -0.2) is 37.7 Å². The molecule has 2 aliphatic heterocycles. The van der Waals surface area contributed by atoms with Gasteiger partial charge in [0.05, 0.1) is 24.8 Å². The largest absolute Gasteiger partial charge is 0.489 e. The van der Waals surface area contributed by atoms with Crippen LogP contribution in [0.15, 0.2) is 18.2 Å². The average molecular weight is 234 g/mol. The Bertz CT molecular complexity index is 516. The molecule has 0 saturated carbocycles. The third-order valence-electron chi connectivity index (χ3n) is 3.01. The fraction of sp³-hybridized carbons (Fsp3) is 0.333. The van der Waals surface area contributed by atoms with Crippen molar-refractivity contribution >= 4 is 11.8 Å². The number of carbonyl (C=O) groups is 2. The molecule has 17 heavy (non-hydrogen) atoms. The van der Waals surface area contributed by atoms with Gasteiger partial charge in [0, 0.05) is 0 Å². The molecular formula is C12H10O5. The van der Waals surface area contributed by atoms with Crippen molar-refractivity contribution in [3.8, 4) is 5.75 Å². The number of ketones is 1. The van der Waals surface area contributed by atoms with Gasteiger partial charge < -0.3 is 14.2 Å². The molecule has 2 heterocycles. The molecule has 0 bridgehead atoms. The summed E-state index contributed by atoms with van der Waals surface area (Å²) < 4.78 is 15.2. The molecule has 0 radical (unpaired) electrons. The zero-order valence-electron chi connectivity index (χ0n) is 9.19. The Morgan fingerprint density at radius 1 is 1.41 bits per heavy atom. The molecule has 5 heteroatoms. The van der Waals surface area contributed by atoms with E-state index < -0.39 is 11.6 Å². The number of Topliss-reactive ketones (excluding diaryl/α,β-unsaturated/α-hetero) is 1. The van der Waals surface area contributed by atoms with Crippen LogP contribution in [0.2, 0.25) is 0 Å². The maximum atomic E-state index is 12.1.